The average molecular weight is 370 g/mol. The van der Waals surface area contributed by atoms with E-state index in [1.807, 2.05) is 48.7 Å². The second kappa shape index (κ2) is 6.69. The normalized spacial score (nSPS) is 11.1. The summed E-state index contributed by atoms with van der Waals surface area (Å²) in [5.41, 5.74) is 2.10. The van der Waals surface area contributed by atoms with Crippen LogP contribution in [0.4, 0.5) is 0 Å². The number of thioether (sulfide) groups is 1. The molecule has 0 saturated heterocycles. The predicted molar refractivity (Wildman–Crippen MR) is 97.5 cm³/mol. The summed E-state index contributed by atoms with van der Waals surface area (Å²) < 4.78 is 6.76. The molecule has 2 N–H and O–H groups in total. The number of nitrogens with two attached hydrogens (primary N) is 1. The van der Waals surface area contributed by atoms with Crippen molar-refractivity contribution >= 4 is 23.1 Å². The van der Waals surface area contributed by atoms with E-state index in [0.717, 1.165) is 10.4 Å². The van der Waals surface area contributed by atoms with E-state index in [2.05, 4.69) is 20.3 Å². The Labute approximate surface area is 151 Å². The van der Waals surface area contributed by atoms with Crippen molar-refractivity contribution in [2.45, 2.75) is 17.8 Å². The van der Waals surface area contributed by atoms with Crippen LogP contribution in [-0.4, -0.2) is 25.0 Å². The molecule has 25 heavy (non-hydrogen) atoms. The number of nitrogen functional groups attached to an aromatic ring is 1. The Balaban J connectivity index is 1.48. The summed E-state index contributed by atoms with van der Waals surface area (Å²) in [6.45, 7) is 2.03. The van der Waals surface area contributed by atoms with Gasteiger partial charge in [0.25, 0.3) is 0 Å². The summed E-state index contributed by atoms with van der Waals surface area (Å²) in [6, 6.07) is 11.9. The fourth-order valence-electron chi connectivity index (χ4n) is 2.22. The molecule has 4 aromatic rings. The third-order valence-electron chi connectivity index (χ3n) is 3.51. The van der Waals surface area contributed by atoms with Crippen molar-refractivity contribution in [2.75, 3.05) is 5.84 Å². The molecule has 9 heteroatoms. The zero-order valence-corrected chi connectivity index (χ0v) is 14.9. The number of hydrogen-bond acceptors (Lipinski definition) is 8. The van der Waals surface area contributed by atoms with Gasteiger partial charge in [0.2, 0.25) is 16.9 Å². The lowest BCUT2D eigenvalue weighted by atomic mass is 10.1. The molecule has 3 heterocycles. The molecule has 0 saturated carbocycles. The molecule has 0 bridgehead atoms. The van der Waals surface area contributed by atoms with Gasteiger partial charge in [-0.1, -0.05) is 52.8 Å². The van der Waals surface area contributed by atoms with Crippen molar-refractivity contribution in [2.24, 2.45) is 0 Å². The maximum Gasteiger partial charge on any atom is 0.237 e. The third-order valence-corrected chi connectivity index (χ3v) is 5.30. The van der Waals surface area contributed by atoms with Crippen molar-refractivity contribution < 1.29 is 4.52 Å². The zero-order chi connectivity index (χ0) is 17.2. The van der Waals surface area contributed by atoms with E-state index in [9.17, 15) is 0 Å². The minimum atomic E-state index is 0.474. The number of thiophene rings is 1. The maximum atomic E-state index is 6.13. The standard InChI is InChI=1S/C16H14N6OS2/c1-10-4-6-11(7-5-10)15-19-20-16(22(15)17)25-9-13-18-14(21-23-13)12-3-2-8-24-12/h2-8H,9,17H2,1H3. The van der Waals surface area contributed by atoms with Gasteiger partial charge in [-0.2, -0.15) is 4.98 Å². The van der Waals surface area contributed by atoms with Crippen molar-refractivity contribution in [3.05, 3.63) is 53.2 Å². The van der Waals surface area contributed by atoms with Crippen LogP contribution >= 0.6 is 23.1 Å². The summed E-state index contributed by atoms with van der Waals surface area (Å²) in [5.74, 6) is 8.34. The quantitative estimate of drug-likeness (QED) is 0.425. The van der Waals surface area contributed by atoms with Gasteiger partial charge in [0.15, 0.2) is 5.82 Å². The molecule has 3 aromatic heterocycles. The fraction of sp³-hybridized carbons (Fsp3) is 0.125. The Morgan fingerprint density at radius 3 is 2.80 bits per heavy atom. The number of benzene rings is 1. The lowest BCUT2D eigenvalue weighted by molar-refractivity contribution is 0.391. The Bertz CT molecular complexity index is 975. The molecule has 0 spiro atoms. The van der Waals surface area contributed by atoms with Gasteiger partial charge in [-0.25, -0.2) is 4.68 Å². The van der Waals surface area contributed by atoms with Crippen LogP contribution in [0.25, 0.3) is 22.1 Å². The summed E-state index contributed by atoms with van der Waals surface area (Å²) in [5, 5.41) is 14.9. The second-order valence-corrected chi connectivity index (χ2v) is 7.21. The van der Waals surface area contributed by atoms with Crippen molar-refractivity contribution in [1.82, 2.24) is 25.0 Å². The largest absolute Gasteiger partial charge is 0.338 e. The summed E-state index contributed by atoms with van der Waals surface area (Å²) in [7, 11) is 0. The van der Waals surface area contributed by atoms with Crippen molar-refractivity contribution in [3.63, 3.8) is 0 Å². The highest BCUT2D eigenvalue weighted by atomic mass is 32.2. The predicted octanol–water partition coefficient (Wildman–Crippen LogP) is 3.37. The molecule has 7 nitrogen and oxygen atoms in total. The van der Waals surface area contributed by atoms with Gasteiger partial charge < -0.3 is 10.4 Å². The fourth-order valence-corrected chi connectivity index (χ4v) is 3.56. The van der Waals surface area contributed by atoms with Crippen LogP contribution in [0.5, 0.6) is 0 Å². The highest BCUT2D eigenvalue weighted by molar-refractivity contribution is 7.98. The SMILES string of the molecule is Cc1ccc(-c2nnc(SCc3nc(-c4cccs4)no3)n2N)cc1. The number of rotatable bonds is 5. The first-order chi connectivity index (χ1) is 12.2. The maximum absolute atomic E-state index is 6.13. The van der Waals surface area contributed by atoms with Crippen LogP contribution < -0.4 is 5.84 Å². The minimum Gasteiger partial charge on any atom is -0.338 e. The lowest BCUT2D eigenvalue weighted by Crippen LogP contribution is -2.11. The minimum absolute atomic E-state index is 0.474. The first kappa shape index (κ1) is 15.9. The first-order valence-electron chi connectivity index (χ1n) is 7.47. The average Bonchev–Trinajstić information content (AvgIpc) is 3.35. The Morgan fingerprint density at radius 1 is 1.20 bits per heavy atom. The van der Waals surface area contributed by atoms with E-state index >= 15 is 0 Å². The molecule has 0 radical (unpaired) electrons. The van der Waals surface area contributed by atoms with Gasteiger partial charge in [0.1, 0.15) is 0 Å². The van der Waals surface area contributed by atoms with Crippen LogP contribution in [0.2, 0.25) is 0 Å². The number of aromatic nitrogens is 5. The summed E-state index contributed by atoms with van der Waals surface area (Å²) in [6.07, 6.45) is 0. The Morgan fingerprint density at radius 2 is 2.04 bits per heavy atom. The van der Waals surface area contributed by atoms with Gasteiger partial charge in [-0.05, 0) is 18.4 Å². The van der Waals surface area contributed by atoms with Crippen LogP contribution in [0.3, 0.4) is 0 Å². The monoisotopic (exact) mass is 370 g/mol. The molecule has 0 fully saturated rings. The van der Waals surface area contributed by atoms with E-state index in [-0.39, 0.29) is 0 Å². The van der Waals surface area contributed by atoms with E-state index in [1.54, 1.807) is 11.3 Å². The number of hydrogen-bond donors (Lipinski definition) is 1. The molecule has 1 aromatic carbocycles. The molecule has 0 atom stereocenters. The topological polar surface area (TPSA) is 95.6 Å². The van der Waals surface area contributed by atoms with Gasteiger partial charge in [-0.3, -0.25) is 0 Å². The Hall–Kier alpha value is -2.65. The molecule has 0 aliphatic carbocycles. The van der Waals surface area contributed by atoms with Crippen LogP contribution in [-0.2, 0) is 5.75 Å². The molecule has 0 aliphatic rings. The van der Waals surface area contributed by atoms with Gasteiger partial charge in [0, 0.05) is 5.56 Å². The van der Waals surface area contributed by atoms with Crippen molar-refractivity contribution in [3.8, 4) is 22.1 Å². The molecule has 0 aliphatic heterocycles. The van der Waals surface area contributed by atoms with E-state index < -0.39 is 0 Å². The van der Waals surface area contributed by atoms with Crippen molar-refractivity contribution in [1.29, 1.82) is 0 Å². The third kappa shape index (κ3) is 3.28. The Kier molecular flexibility index (Phi) is 4.24. The molecule has 0 unspecified atom stereocenters. The molecule has 4 rings (SSSR count). The number of aryl methyl sites for hydroxylation is 1. The molecule has 126 valence electrons. The lowest BCUT2D eigenvalue weighted by Gasteiger charge is -2.03. The highest BCUT2D eigenvalue weighted by Gasteiger charge is 2.15. The van der Waals surface area contributed by atoms with Crippen LogP contribution in [0, 0.1) is 6.92 Å². The van der Waals surface area contributed by atoms with E-state index in [4.69, 9.17) is 10.4 Å². The molecular formula is C16H14N6OS2. The first-order valence-corrected chi connectivity index (χ1v) is 9.34. The van der Waals surface area contributed by atoms with Gasteiger partial charge in [-0.15, -0.1) is 21.5 Å². The van der Waals surface area contributed by atoms with E-state index in [1.165, 1.54) is 22.0 Å². The van der Waals surface area contributed by atoms with Crippen LogP contribution in [0.15, 0.2) is 51.5 Å². The van der Waals surface area contributed by atoms with Gasteiger partial charge in [0.05, 0.1) is 10.6 Å². The molecule has 0 amide bonds. The van der Waals surface area contributed by atoms with Crippen LogP contribution in [0.1, 0.15) is 11.5 Å². The second-order valence-electron chi connectivity index (χ2n) is 5.32. The zero-order valence-electron chi connectivity index (χ0n) is 13.3. The smallest absolute Gasteiger partial charge is 0.237 e. The van der Waals surface area contributed by atoms with Gasteiger partial charge >= 0.3 is 0 Å². The number of nitrogens with zero attached hydrogens (tertiary/aromatic N) is 5. The summed E-state index contributed by atoms with van der Waals surface area (Å²) in [4.78, 5) is 5.36. The summed E-state index contributed by atoms with van der Waals surface area (Å²) >= 11 is 2.97. The highest BCUT2D eigenvalue weighted by Crippen LogP contribution is 2.26. The molecular weight excluding hydrogens is 356 g/mol. The van der Waals surface area contributed by atoms with E-state index in [0.29, 0.717) is 28.4 Å².